The summed E-state index contributed by atoms with van der Waals surface area (Å²) in [6.45, 7) is 2.89. The Morgan fingerprint density at radius 1 is 1.28 bits per heavy atom. The van der Waals surface area contributed by atoms with Gasteiger partial charge in [-0.15, -0.1) is 0 Å². The predicted molar refractivity (Wildman–Crippen MR) is 102 cm³/mol. The lowest BCUT2D eigenvalue weighted by Gasteiger charge is -2.39. The van der Waals surface area contributed by atoms with Crippen LogP contribution in [-0.2, 0) is 4.79 Å². The van der Waals surface area contributed by atoms with Crippen molar-refractivity contribution in [2.24, 2.45) is 17.4 Å². The number of fused-ring (bicyclic) bond motifs is 1. The van der Waals surface area contributed by atoms with Crippen LogP contribution in [0.1, 0.15) is 23.7 Å². The molecule has 5 N–H and O–H groups in total. The van der Waals surface area contributed by atoms with Crippen molar-refractivity contribution in [3.63, 3.8) is 0 Å². The summed E-state index contributed by atoms with van der Waals surface area (Å²) in [7, 11) is 0. The maximum Gasteiger partial charge on any atom is 0.412 e. The molecule has 3 rings (SSSR count). The number of pyridine rings is 1. The highest BCUT2D eigenvalue weighted by Gasteiger charge is 2.43. The van der Waals surface area contributed by atoms with Crippen LogP contribution in [0, 0.1) is 5.92 Å². The highest BCUT2D eigenvalue weighted by atomic mass is 19.4. The van der Waals surface area contributed by atoms with Gasteiger partial charge in [-0.25, -0.2) is 0 Å². The summed E-state index contributed by atoms with van der Waals surface area (Å²) >= 11 is 0. The maximum absolute atomic E-state index is 12.7. The number of aromatic nitrogens is 1. The topological polar surface area (TPSA) is 114 Å². The first kappa shape index (κ1) is 20.8. The monoisotopic (exact) mass is 409 g/mol. The molecule has 3 atom stereocenters. The number of hydrogen-bond acceptors (Lipinski definition) is 5. The van der Waals surface area contributed by atoms with Gasteiger partial charge in [-0.05, 0) is 36.6 Å². The number of rotatable bonds is 4. The average Bonchev–Trinajstić information content (AvgIpc) is 2.65. The Bertz CT molecular complexity index is 934. The van der Waals surface area contributed by atoms with E-state index in [0.717, 1.165) is 5.69 Å². The van der Waals surface area contributed by atoms with Gasteiger partial charge < -0.3 is 21.7 Å². The van der Waals surface area contributed by atoms with Crippen molar-refractivity contribution in [1.82, 2.24) is 10.3 Å². The van der Waals surface area contributed by atoms with Gasteiger partial charge in [-0.2, -0.15) is 13.2 Å². The summed E-state index contributed by atoms with van der Waals surface area (Å²) in [5, 5.41) is 3.12. The molecule has 10 heteroatoms. The van der Waals surface area contributed by atoms with Gasteiger partial charge in [-0.1, -0.05) is 6.92 Å². The van der Waals surface area contributed by atoms with Crippen LogP contribution in [0.5, 0.6) is 0 Å². The van der Waals surface area contributed by atoms with Gasteiger partial charge >= 0.3 is 6.18 Å². The summed E-state index contributed by atoms with van der Waals surface area (Å²) in [6.07, 6.45) is -2.71. The van der Waals surface area contributed by atoms with E-state index < -0.39 is 30.1 Å². The van der Waals surface area contributed by atoms with Crippen molar-refractivity contribution in [1.29, 1.82) is 0 Å². The smallest absolute Gasteiger partial charge is 0.369 e. The fourth-order valence-electron chi connectivity index (χ4n) is 3.72. The number of nitrogens with zero attached hydrogens (tertiary/aromatic N) is 2. The lowest BCUT2D eigenvalue weighted by Crippen LogP contribution is -2.57. The molecule has 2 heterocycles. The molecule has 2 aromatic rings. The highest BCUT2D eigenvalue weighted by Crippen LogP contribution is 2.31. The highest BCUT2D eigenvalue weighted by molar-refractivity contribution is 6.08. The Kier molecular flexibility index (Phi) is 5.65. The number of hydrogen-bond donors (Lipinski definition) is 3. The second-order valence-electron chi connectivity index (χ2n) is 7.37. The van der Waals surface area contributed by atoms with E-state index in [4.69, 9.17) is 11.5 Å². The summed E-state index contributed by atoms with van der Waals surface area (Å²) in [5.41, 5.74) is 11.9. The van der Waals surface area contributed by atoms with Crippen LogP contribution < -0.4 is 21.7 Å². The van der Waals surface area contributed by atoms with Gasteiger partial charge in [0.2, 0.25) is 5.91 Å². The quantitative estimate of drug-likeness (QED) is 0.709. The Labute approximate surface area is 165 Å². The number of nitrogens with two attached hydrogens (primary N) is 2. The maximum atomic E-state index is 12.7. The molecular formula is C19H22F3N5O2. The fourth-order valence-corrected chi connectivity index (χ4v) is 3.72. The van der Waals surface area contributed by atoms with E-state index in [1.165, 1.54) is 0 Å². The zero-order chi connectivity index (χ0) is 21.3. The normalized spacial score (nSPS) is 21.1. The zero-order valence-electron chi connectivity index (χ0n) is 15.7. The minimum absolute atomic E-state index is 0.110. The number of carbonyl (C=O) groups excluding carboxylic acids is 2. The van der Waals surface area contributed by atoms with Crippen LogP contribution in [0.2, 0.25) is 0 Å². The number of alkyl halides is 3. The van der Waals surface area contributed by atoms with E-state index >= 15 is 0 Å². The molecule has 1 aromatic heterocycles. The Balaban J connectivity index is 1.87. The second-order valence-corrected chi connectivity index (χ2v) is 7.37. The first-order valence-corrected chi connectivity index (χ1v) is 9.13. The molecular weight excluding hydrogens is 387 g/mol. The van der Waals surface area contributed by atoms with Gasteiger partial charge in [0, 0.05) is 36.4 Å². The molecule has 1 aliphatic rings. The van der Waals surface area contributed by atoms with Crippen molar-refractivity contribution in [3.8, 4) is 0 Å². The standard InChI is InChI=1S/C19H22F3N5O2/c1-10-7-11(26-18(29)16(23)19(20,21)22)9-27(8-10)14-5-4-13(17(24)28)15-12(14)3-2-6-25-15/h2-6,10-11,16H,7-9,23H2,1H3,(H2,24,28)(H,26,29)/t10-,11+,16+/m0/s1. The van der Waals surface area contributed by atoms with Crippen molar-refractivity contribution in [2.45, 2.75) is 31.6 Å². The number of amides is 2. The molecule has 2 amide bonds. The molecule has 1 aliphatic heterocycles. The molecule has 0 spiro atoms. The van der Waals surface area contributed by atoms with E-state index in [9.17, 15) is 22.8 Å². The summed E-state index contributed by atoms with van der Waals surface area (Å²) in [6, 6.07) is 3.79. The van der Waals surface area contributed by atoms with Crippen molar-refractivity contribution < 1.29 is 22.8 Å². The van der Waals surface area contributed by atoms with Gasteiger partial charge in [0.25, 0.3) is 5.91 Å². The number of anilines is 1. The number of carbonyl (C=O) groups is 2. The molecule has 156 valence electrons. The summed E-state index contributed by atoms with van der Waals surface area (Å²) in [4.78, 5) is 29.8. The van der Waals surface area contributed by atoms with Crippen molar-refractivity contribution >= 4 is 28.4 Å². The third-order valence-corrected chi connectivity index (χ3v) is 4.99. The number of benzene rings is 1. The largest absolute Gasteiger partial charge is 0.412 e. The average molecular weight is 409 g/mol. The first-order chi connectivity index (χ1) is 13.6. The lowest BCUT2D eigenvalue weighted by molar-refractivity contribution is -0.163. The minimum Gasteiger partial charge on any atom is -0.369 e. The molecule has 0 saturated carbocycles. The second kappa shape index (κ2) is 7.86. The van der Waals surface area contributed by atoms with E-state index in [-0.39, 0.29) is 11.5 Å². The van der Waals surface area contributed by atoms with Crippen LogP contribution in [0.25, 0.3) is 10.9 Å². The molecule has 0 unspecified atom stereocenters. The SMILES string of the molecule is C[C@H]1C[C@@H](NC(=O)[C@@H](N)C(F)(F)F)CN(c2ccc(C(N)=O)c3ncccc23)C1. The van der Waals surface area contributed by atoms with Gasteiger partial charge in [0.15, 0.2) is 6.04 Å². The van der Waals surface area contributed by atoms with E-state index in [1.807, 2.05) is 11.8 Å². The molecule has 0 bridgehead atoms. The Morgan fingerprint density at radius 2 is 2.00 bits per heavy atom. The first-order valence-electron chi connectivity index (χ1n) is 9.13. The van der Waals surface area contributed by atoms with Crippen LogP contribution in [0.4, 0.5) is 18.9 Å². The third-order valence-electron chi connectivity index (χ3n) is 4.99. The molecule has 0 radical (unpaired) electrons. The van der Waals surface area contributed by atoms with Crippen LogP contribution >= 0.6 is 0 Å². The minimum atomic E-state index is -4.80. The molecule has 1 aromatic carbocycles. The van der Waals surface area contributed by atoms with Gasteiger partial charge in [0.05, 0.1) is 11.1 Å². The lowest BCUT2D eigenvalue weighted by atomic mass is 9.94. The summed E-state index contributed by atoms with van der Waals surface area (Å²) in [5.74, 6) is -1.73. The Morgan fingerprint density at radius 3 is 2.66 bits per heavy atom. The summed E-state index contributed by atoms with van der Waals surface area (Å²) < 4.78 is 38.1. The molecule has 7 nitrogen and oxygen atoms in total. The van der Waals surface area contributed by atoms with Crippen LogP contribution in [0.15, 0.2) is 30.5 Å². The van der Waals surface area contributed by atoms with E-state index in [0.29, 0.717) is 30.4 Å². The molecule has 1 saturated heterocycles. The van der Waals surface area contributed by atoms with Crippen molar-refractivity contribution in [3.05, 3.63) is 36.0 Å². The number of halogens is 3. The Hall–Kier alpha value is -2.88. The number of primary amides is 1. The molecule has 0 aliphatic carbocycles. The third kappa shape index (κ3) is 4.42. The zero-order valence-corrected chi connectivity index (χ0v) is 15.7. The van der Waals surface area contributed by atoms with Crippen LogP contribution in [0.3, 0.4) is 0 Å². The fraction of sp³-hybridized carbons (Fsp3) is 0.421. The molecule has 29 heavy (non-hydrogen) atoms. The van der Waals surface area contributed by atoms with E-state index in [2.05, 4.69) is 10.3 Å². The van der Waals surface area contributed by atoms with Crippen LogP contribution in [-0.4, -0.2) is 48.1 Å². The number of piperidine rings is 1. The number of nitrogens with one attached hydrogen (secondary N) is 1. The molecule has 1 fully saturated rings. The van der Waals surface area contributed by atoms with E-state index in [1.54, 1.807) is 30.5 Å². The van der Waals surface area contributed by atoms with Gasteiger partial charge in [0.1, 0.15) is 0 Å². The van der Waals surface area contributed by atoms with Gasteiger partial charge in [-0.3, -0.25) is 14.6 Å². The predicted octanol–water partition coefficient (Wildman–Crippen LogP) is 1.55. The van der Waals surface area contributed by atoms with Crippen molar-refractivity contribution in [2.75, 3.05) is 18.0 Å².